The number of aromatic nitrogens is 1. The first-order valence-electron chi connectivity index (χ1n) is 7.99. The minimum Gasteiger partial charge on any atom is -0.345 e. The molecule has 2 aromatic rings. The third kappa shape index (κ3) is 5.16. The molecule has 0 aliphatic rings. The molecule has 0 atom stereocenters. The van der Waals surface area contributed by atoms with Gasteiger partial charge in [-0.1, -0.05) is 12.1 Å². The molecule has 0 unspecified atom stereocenters. The maximum Gasteiger partial charge on any atom is 0.232 e. The van der Waals surface area contributed by atoms with Gasteiger partial charge in [0.05, 0.1) is 17.1 Å². The minimum absolute atomic E-state index is 0.00318. The summed E-state index contributed by atoms with van der Waals surface area (Å²) in [6.45, 7) is 0.645. The fourth-order valence-corrected chi connectivity index (χ4v) is 2.63. The average Bonchev–Trinajstić information content (AvgIpc) is 3.12. The molecule has 1 N–H and O–H groups in total. The van der Waals surface area contributed by atoms with Crippen LogP contribution in [0.4, 0.5) is 5.69 Å². The first-order chi connectivity index (χ1) is 11.6. The Morgan fingerprint density at radius 2 is 1.83 bits per heavy atom. The van der Waals surface area contributed by atoms with Gasteiger partial charge in [0.1, 0.15) is 0 Å². The van der Waals surface area contributed by atoms with E-state index in [4.69, 9.17) is 0 Å². The van der Waals surface area contributed by atoms with E-state index < -0.39 is 0 Å². The number of hydrogen-bond donors (Lipinski definition) is 2. The van der Waals surface area contributed by atoms with Crippen LogP contribution in [0.2, 0.25) is 0 Å². The second-order valence-electron chi connectivity index (χ2n) is 5.59. The summed E-state index contributed by atoms with van der Waals surface area (Å²) in [5, 5.41) is 2.97. The highest BCUT2D eigenvalue weighted by atomic mass is 32.1. The van der Waals surface area contributed by atoms with Crippen LogP contribution in [0.1, 0.15) is 19.3 Å². The van der Waals surface area contributed by atoms with Crippen molar-refractivity contribution in [2.24, 2.45) is 0 Å². The van der Waals surface area contributed by atoms with Crippen molar-refractivity contribution in [1.29, 1.82) is 0 Å². The normalized spacial score (nSPS) is 10.4. The highest BCUT2D eigenvalue weighted by molar-refractivity contribution is 7.81. The standard InChI is InChI=1S/C18H23N3O2S/c1-20(18(23)14-24)11-5-4-10-17(22)19-15-8-2-3-9-16(15)21-12-6-7-13-21/h2-3,6-9,12-13,24H,4-5,10-11,14H2,1H3,(H,19,22). The van der Waals surface area contributed by atoms with Gasteiger partial charge in [-0.25, -0.2) is 0 Å². The van der Waals surface area contributed by atoms with E-state index in [1.54, 1.807) is 11.9 Å². The summed E-state index contributed by atoms with van der Waals surface area (Å²) in [4.78, 5) is 25.2. The van der Waals surface area contributed by atoms with E-state index in [9.17, 15) is 9.59 Å². The van der Waals surface area contributed by atoms with Gasteiger partial charge in [-0.3, -0.25) is 9.59 Å². The van der Waals surface area contributed by atoms with E-state index in [1.807, 2.05) is 53.4 Å². The molecule has 1 aromatic carbocycles. The molecule has 1 aromatic heterocycles. The van der Waals surface area contributed by atoms with Gasteiger partial charge in [-0.15, -0.1) is 0 Å². The Hall–Kier alpha value is -2.21. The lowest BCUT2D eigenvalue weighted by Gasteiger charge is -2.15. The first kappa shape index (κ1) is 18.1. The Bertz CT molecular complexity index is 671. The SMILES string of the molecule is CN(CCCCC(=O)Nc1ccccc1-n1cccc1)C(=O)CS. The molecule has 0 radical (unpaired) electrons. The summed E-state index contributed by atoms with van der Waals surface area (Å²) in [6, 6.07) is 11.6. The molecule has 0 bridgehead atoms. The van der Waals surface area contributed by atoms with Crippen LogP contribution in [0.15, 0.2) is 48.8 Å². The van der Waals surface area contributed by atoms with Gasteiger partial charge in [-0.2, -0.15) is 12.6 Å². The van der Waals surface area contributed by atoms with Crippen LogP contribution in [0.3, 0.4) is 0 Å². The topological polar surface area (TPSA) is 54.3 Å². The highest BCUT2D eigenvalue weighted by Gasteiger charge is 2.09. The van der Waals surface area contributed by atoms with Crippen molar-refractivity contribution in [2.75, 3.05) is 24.7 Å². The van der Waals surface area contributed by atoms with Crippen molar-refractivity contribution in [3.8, 4) is 5.69 Å². The summed E-state index contributed by atoms with van der Waals surface area (Å²) in [6.07, 6.45) is 5.85. The quantitative estimate of drug-likeness (QED) is 0.571. The number of nitrogens with zero attached hydrogens (tertiary/aromatic N) is 2. The van der Waals surface area contributed by atoms with Crippen molar-refractivity contribution in [3.63, 3.8) is 0 Å². The van der Waals surface area contributed by atoms with Crippen molar-refractivity contribution in [1.82, 2.24) is 9.47 Å². The fourth-order valence-electron chi connectivity index (χ4n) is 2.39. The number of nitrogens with one attached hydrogen (secondary N) is 1. The summed E-state index contributed by atoms with van der Waals surface area (Å²) in [5.74, 6) is 0.203. The third-order valence-corrected chi connectivity index (χ3v) is 4.04. The third-order valence-electron chi connectivity index (χ3n) is 3.77. The maximum absolute atomic E-state index is 12.2. The van der Waals surface area contributed by atoms with Crippen molar-refractivity contribution in [3.05, 3.63) is 48.8 Å². The number of rotatable bonds is 8. The number of carbonyl (C=O) groups is 2. The lowest BCUT2D eigenvalue weighted by atomic mass is 10.2. The van der Waals surface area contributed by atoms with E-state index in [1.165, 1.54) is 0 Å². The summed E-state index contributed by atoms with van der Waals surface area (Å²) in [7, 11) is 1.76. The molecule has 0 aliphatic carbocycles. The van der Waals surface area contributed by atoms with Crippen molar-refractivity contribution >= 4 is 30.1 Å². The van der Waals surface area contributed by atoms with Crippen LogP contribution in [-0.2, 0) is 9.59 Å². The molecule has 0 aliphatic heterocycles. The number of para-hydroxylation sites is 2. The Morgan fingerprint density at radius 1 is 1.12 bits per heavy atom. The number of amides is 2. The summed E-state index contributed by atoms with van der Waals surface area (Å²) in [5.41, 5.74) is 1.73. The first-order valence-corrected chi connectivity index (χ1v) is 8.62. The molecule has 24 heavy (non-hydrogen) atoms. The monoisotopic (exact) mass is 345 g/mol. The Balaban J connectivity index is 1.82. The fraction of sp³-hybridized carbons (Fsp3) is 0.333. The van der Waals surface area contributed by atoms with E-state index >= 15 is 0 Å². The smallest absolute Gasteiger partial charge is 0.232 e. The van der Waals surface area contributed by atoms with E-state index in [2.05, 4.69) is 17.9 Å². The van der Waals surface area contributed by atoms with Gasteiger partial charge in [0.15, 0.2) is 0 Å². The number of anilines is 1. The molecule has 0 fully saturated rings. The highest BCUT2D eigenvalue weighted by Crippen LogP contribution is 2.20. The van der Waals surface area contributed by atoms with Crippen LogP contribution >= 0.6 is 12.6 Å². The molecule has 1 heterocycles. The molecular formula is C18H23N3O2S. The van der Waals surface area contributed by atoms with Crippen LogP contribution in [0, 0.1) is 0 Å². The number of thiol groups is 1. The molecule has 2 rings (SSSR count). The predicted molar refractivity (Wildman–Crippen MR) is 99.7 cm³/mol. The second kappa shape index (κ2) is 9.17. The molecule has 2 amide bonds. The molecule has 5 nitrogen and oxygen atoms in total. The van der Waals surface area contributed by atoms with Gasteiger partial charge in [-0.05, 0) is 37.1 Å². The van der Waals surface area contributed by atoms with Crippen LogP contribution < -0.4 is 5.32 Å². The predicted octanol–water partition coefficient (Wildman–Crippen LogP) is 2.97. The number of unbranched alkanes of at least 4 members (excludes halogenated alkanes) is 1. The van der Waals surface area contributed by atoms with Gasteiger partial charge >= 0.3 is 0 Å². The Kier molecular flexibility index (Phi) is 6.93. The van der Waals surface area contributed by atoms with E-state index in [0.717, 1.165) is 24.2 Å². The zero-order valence-corrected chi connectivity index (χ0v) is 14.7. The van der Waals surface area contributed by atoms with Crippen molar-refractivity contribution in [2.45, 2.75) is 19.3 Å². The summed E-state index contributed by atoms with van der Waals surface area (Å²) < 4.78 is 1.97. The van der Waals surface area contributed by atoms with Crippen LogP contribution in [-0.4, -0.2) is 40.6 Å². The van der Waals surface area contributed by atoms with Crippen LogP contribution in [0.5, 0.6) is 0 Å². The number of benzene rings is 1. The van der Waals surface area contributed by atoms with Gasteiger partial charge in [0.25, 0.3) is 0 Å². The largest absolute Gasteiger partial charge is 0.345 e. The molecule has 0 saturated heterocycles. The molecule has 0 spiro atoms. The lowest BCUT2D eigenvalue weighted by molar-refractivity contribution is -0.127. The zero-order chi connectivity index (χ0) is 17.4. The second-order valence-corrected chi connectivity index (χ2v) is 5.90. The maximum atomic E-state index is 12.2. The van der Waals surface area contributed by atoms with E-state index in [0.29, 0.717) is 13.0 Å². The molecule has 6 heteroatoms. The van der Waals surface area contributed by atoms with Gasteiger partial charge in [0, 0.05) is 32.4 Å². The number of carbonyl (C=O) groups excluding carboxylic acids is 2. The van der Waals surface area contributed by atoms with Crippen LogP contribution in [0.25, 0.3) is 5.69 Å². The minimum atomic E-state index is -0.0159. The molecule has 128 valence electrons. The molecular weight excluding hydrogens is 322 g/mol. The molecule has 0 saturated carbocycles. The van der Waals surface area contributed by atoms with Gasteiger partial charge in [0.2, 0.25) is 11.8 Å². The van der Waals surface area contributed by atoms with Gasteiger partial charge < -0.3 is 14.8 Å². The van der Waals surface area contributed by atoms with Crippen molar-refractivity contribution < 1.29 is 9.59 Å². The Morgan fingerprint density at radius 3 is 2.54 bits per heavy atom. The Labute approximate surface area is 148 Å². The average molecular weight is 345 g/mol. The lowest BCUT2D eigenvalue weighted by Crippen LogP contribution is -2.28. The van der Waals surface area contributed by atoms with E-state index in [-0.39, 0.29) is 17.6 Å². The number of hydrogen-bond acceptors (Lipinski definition) is 3. The summed E-state index contributed by atoms with van der Waals surface area (Å²) >= 11 is 3.97. The zero-order valence-electron chi connectivity index (χ0n) is 13.8.